The molecule has 0 radical (unpaired) electrons. The minimum Gasteiger partial charge on any atom is -0.356 e. The van der Waals surface area contributed by atoms with E-state index in [4.69, 9.17) is 14.7 Å². The summed E-state index contributed by atoms with van der Waals surface area (Å²) in [6, 6.07) is 1.52. The molecule has 14 heavy (non-hydrogen) atoms. The summed E-state index contributed by atoms with van der Waals surface area (Å²) in [5.41, 5.74) is 0. The van der Waals surface area contributed by atoms with Gasteiger partial charge in [-0.05, 0) is 6.42 Å². The molecule has 0 rings (SSSR count). The Balaban J connectivity index is 3.83. The Morgan fingerprint density at radius 3 is 2.36 bits per heavy atom. The molecule has 0 saturated carbocycles. The van der Waals surface area contributed by atoms with E-state index in [-0.39, 0.29) is 12.2 Å². The van der Waals surface area contributed by atoms with Crippen LogP contribution in [-0.4, -0.2) is 32.5 Å². The molecule has 0 aromatic carbocycles. The summed E-state index contributed by atoms with van der Waals surface area (Å²) in [6.07, 6.45) is 0.771. The molecule has 1 amide bonds. The molecule has 0 aliphatic rings. The molecule has 0 saturated heterocycles. The molecule has 80 valence electrons. The number of hydrogen-bond donors (Lipinski definition) is 1. The predicted molar refractivity (Wildman–Crippen MR) is 50.3 cm³/mol. The highest BCUT2D eigenvalue weighted by molar-refractivity contribution is 5.73. The number of carbonyl (C=O) groups is 1. The van der Waals surface area contributed by atoms with Gasteiger partial charge in [-0.1, -0.05) is 0 Å². The zero-order valence-electron chi connectivity index (χ0n) is 8.74. The Labute approximate surface area is 84.0 Å². The van der Waals surface area contributed by atoms with Crippen molar-refractivity contribution in [2.75, 3.05) is 14.2 Å². The highest BCUT2D eigenvalue weighted by atomic mass is 16.7. The minimum absolute atomic E-state index is 0.206. The SMILES string of the molecule is COC(CCC(C#N)NC(C)=O)OC. The van der Waals surface area contributed by atoms with Crippen LogP contribution in [0.1, 0.15) is 19.8 Å². The normalized spacial score (nSPS) is 12.2. The monoisotopic (exact) mass is 200 g/mol. The molecular formula is C9H16N2O3. The van der Waals surface area contributed by atoms with Crippen LogP contribution in [0.2, 0.25) is 0 Å². The average Bonchev–Trinajstić information content (AvgIpc) is 2.17. The largest absolute Gasteiger partial charge is 0.356 e. The first kappa shape index (κ1) is 12.9. The lowest BCUT2D eigenvalue weighted by molar-refractivity contribution is -0.120. The van der Waals surface area contributed by atoms with Gasteiger partial charge in [0, 0.05) is 27.6 Å². The highest BCUT2D eigenvalue weighted by Gasteiger charge is 2.12. The van der Waals surface area contributed by atoms with Crippen LogP contribution in [0.5, 0.6) is 0 Å². The Kier molecular flexibility index (Phi) is 6.72. The van der Waals surface area contributed by atoms with Crippen molar-refractivity contribution < 1.29 is 14.3 Å². The van der Waals surface area contributed by atoms with Gasteiger partial charge in [-0.15, -0.1) is 0 Å². The molecule has 1 atom stereocenters. The van der Waals surface area contributed by atoms with Gasteiger partial charge >= 0.3 is 0 Å². The number of amides is 1. The zero-order valence-corrected chi connectivity index (χ0v) is 8.74. The summed E-state index contributed by atoms with van der Waals surface area (Å²) >= 11 is 0. The molecule has 0 aromatic rings. The van der Waals surface area contributed by atoms with Gasteiger partial charge in [0.15, 0.2) is 6.29 Å². The Hall–Kier alpha value is -1.12. The van der Waals surface area contributed by atoms with Crippen molar-refractivity contribution in [1.82, 2.24) is 5.32 Å². The van der Waals surface area contributed by atoms with Crippen molar-refractivity contribution in [3.8, 4) is 6.07 Å². The number of methoxy groups -OCH3 is 2. The fraction of sp³-hybridized carbons (Fsp3) is 0.778. The molecule has 0 aliphatic carbocycles. The summed E-state index contributed by atoms with van der Waals surface area (Å²) in [7, 11) is 3.07. The van der Waals surface area contributed by atoms with Gasteiger partial charge in [0.05, 0.1) is 6.07 Å². The number of ether oxygens (including phenoxy) is 2. The number of carbonyl (C=O) groups excluding carboxylic acids is 1. The fourth-order valence-electron chi connectivity index (χ4n) is 1.05. The van der Waals surface area contributed by atoms with Crippen molar-refractivity contribution >= 4 is 5.91 Å². The summed E-state index contributed by atoms with van der Waals surface area (Å²) in [5, 5.41) is 11.2. The van der Waals surface area contributed by atoms with Gasteiger partial charge in [0.25, 0.3) is 0 Å². The predicted octanol–water partition coefficient (Wildman–Crippen LogP) is 0.414. The van der Waals surface area contributed by atoms with E-state index in [1.807, 2.05) is 6.07 Å². The number of hydrogen-bond acceptors (Lipinski definition) is 4. The first-order valence-corrected chi connectivity index (χ1v) is 4.36. The average molecular weight is 200 g/mol. The minimum atomic E-state index is -0.472. The zero-order chi connectivity index (χ0) is 11.0. The highest BCUT2D eigenvalue weighted by Crippen LogP contribution is 2.04. The second-order valence-corrected chi connectivity index (χ2v) is 2.86. The standard InChI is InChI=1S/C9H16N2O3/c1-7(12)11-8(6-10)4-5-9(13-2)14-3/h8-9H,4-5H2,1-3H3,(H,11,12). The van der Waals surface area contributed by atoms with Crippen molar-refractivity contribution in [2.45, 2.75) is 32.1 Å². The van der Waals surface area contributed by atoms with E-state index in [9.17, 15) is 4.79 Å². The first-order valence-electron chi connectivity index (χ1n) is 4.36. The van der Waals surface area contributed by atoms with Gasteiger partial charge in [-0.25, -0.2) is 0 Å². The van der Waals surface area contributed by atoms with Crippen molar-refractivity contribution in [3.05, 3.63) is 0 Å². The second kappa shape index (κ2) is 7.30. The first-order chi connectivity index (χ1) is 6.63. The van der Waals surface area contributed by atoms with Gasteiger partial charge in [0.2, 0.25) is 5.91 Å². The van der Waals surface area contributed by atoms with Gasteiger partial charge in [-0.2, -0.15) is 5.26 Å². The molecule has 5 nitrogen and oxygen atoms in total. The molecule has 1 N–H and O–H groups in total. The third kappa shape index (κ3) is 5.51. The second-order valence-electron chi connectivity index (χ2n) is 2.86. The van der Waals surface area contributed by atoms with Crippen LogP contribution in [0.25, 0.3) is 0 Å². The molecule has 1 unspecified atom stereocenters. The van der Waals surface area contributed by atoms with E-state index in [0.717, 1.165) is 0 Å². The van der Waals surface area contributed by atoms with Crippen LogP contribution in [-0.2, 0) is 14.3 Å². The molecule has 0 aliphatic heterocycles. The molecule has 0 fully saturated rings. The van der Waals surface area contributed by atoms with E-state index in [1.165, 1.54) is 21.1 Å². The van der Waals surface area contributed by atoms with Crippen molar-refractivity contribution in [3.63, 3.8) is 0 Å². The van der Waals surface area contributed by atoms with Crippen LogP contribution in [0.4, 0.5) is 0 Å². The van der Waals surface area contributed by atoms with Crippen LogP contribution in [0.15, 0.2) is 0 Å². The maximum absolute atomic E-state index is 10.7. The maximum atomic E-state index is 10.7. The quantitative estimate of drug-likeness (QED) is 0.630. The summed E-state index contributed by atoms with van der Waals surface area (Å²) in [4.78, 5) is 10.7. The van der Waals surface area contributed by atoms with E-state index in [1.54, 1.807) is 0 Å². The molecule has 0 bridgehead atoms. The maximum Gasteiger partial charge on any atom is 0.217 e. The Morgan fingerprint density at radius 2 is 2.00 bits per heavy atom. The number of nitrogens with zero attached hydrogens (tertiary/aromatic N) is 1. The third-order valence-electron chi connectivity index (χ3n) is 1.75. The number of nitrogens with one attached hydrogen (secondary N) is 1. The fourth-order valence-corrected chi connectivity index (χ4v) is 1.05. The number of nitriles is 1. The number of rotatable bonds is 6. The lowest BCUT2D eigenvalue weighted by Gasteiger charge is -2.15. The van der Waals surface area contributed by atoms with E-state index in [2.05, 4.69) is 5.32 Å². The van der Waals surface area contributed by atoms with Gasteiger partial charge < -0.3 is 14.8 Å². The van der Waals surface area contributed by atoms with Gasteiger partial charge in [-0.3, -0.25) is 4.79 Å². The summed E-state index contributed by atoms with van der Waals surface area (Å²) in [5.74, 6) is -0.206. The van der Waals surface area contributed by atoms with E-state index >= 15 is 0 Å². The smallest absolute Gasteiger partial charge is 0.217 e. The Bertz CT molecular complexity index is 209. The lowest BCUT2D eigenvalue weighted by Crippen LogP contribution is -2.32. The van der Waals surface area contributed by atoms with Crippen molar-refractivity contribution in [2.24, 2.45) is 0 Å². The van der Waals surface area contributed by atoms with E-state index < -0.39 is 6.04 Å². The van der Waals surface area contributed by atoms with Gasteiger partial charge in [0.1, 0.15) is 6.04 Å². The molecule has 0 aromatic heterocycles. The Morgan fingerprint density at radius 1 is 1.43 bits per heavy atom. The van der Waals surface area contributed by atoms with Crippen LogP contribution in [0.3, 0.4) is 0 Å². The lowest BCUT2D eigenvalue weighted by atomic mass is 10.1. The molecule has 0 spiro atoms. The molecular weight excluding hydrogens is 184 g/mol. The topological polar surface area (TPSA) is 71.3 Å². The van der Waals surface area contributed by atoms with Crippen molar-refractivity contribution in [1.29, 1.82) is 5.26 Å². The van der Waals surface area contributed by atoms with Crippen LogP contribution < -0.4 is 5.32 Å². The summed E-state index contributed by atoms with van der Waals surface area (Å²) in [6.45, 7) is 1.38. The van der Waals surface area contributed by atoms with E-state index in [0.29, 0.717) is 12.8 Å². The molecule has 0 heterocycles. The van der Waals surface area contributed by atoms with Crippen LogP contribution >= 0.6 is 0 Å². The summed E-state index contributed by atoms with van der Waals surface area (Å²) < 4.78 is 9.91. The molecule has 5 heteroatoms. The third-order valence-corrected chi connectivity index (χ3v) is 1.75. The van der Waals surface area contributed by atoms with Crippen LogP contribution in [0, 0.1) is 11.3 Å².